The Hall–Kier alpha value is -1.98. The number of H-pyrrole nitrogens is 1. The van der Waals surface area contributed by atoms with Gasteiger partial charge in [-0.05, 0) is 36.3 Å². The van der Waals surface area contributed by atoms with Gasteiger partial charge in [0.1, 0.15) is 17.4 Å². The van der Waals surface area contributed by atoms with Crippen LogP contribution in [0.2, 0.25) is 0 Å². The van der Waals surface area contributed by atoms with Crippen LogP contribution < -0.4 is 10.9 Å². The zero-order valence-corrected chi connectivity index (χ0v) is 18.0. The molecule has 0 amide bonds. The Morgan fingerprint density at radius 1 is 1.11 bits per heavy atom. The lowest BCUT2D eigenvalue weighted by Gasteiger charge is -2.20. The second-order valence-electron chi connectivity index (χ2n) is 8.58. The number of nitrogens with two attached hydrogens (primary N) is 1. The van der Waals surface area contributed by atoms with Gasteiger partial charge in [0.2, 0.25) is 0 Å². The minimum Gasteiger partial charge on any atom is -0.334 e. The largest absolute Gasteiger partial charge is 0.334 e. The molecule has 0 aliphatic heterocycles. The van der Waals surface area contributed by atoms with Crippen LogP contribution in [0.15, 0.2) is 29.1 Å². The molecule has 28 heavy (non-hydrogen) atoms. The topological polar surface area (TPSA) is 62.4 Å². The Labute approximate surface area is 170 Å². The van der Waals surface area contributed by atoms with Crippen LogP contribution in [0.1, 0.15) is 73.5 Å². The fourth-order valence-corrected chi connectivity index (χ4v) is 5.56. The van der Waals surface area contributed by atoms with Crippen LogP contribution in [0.3, 0.4) is 0 Å². The molecule has 1 aliphatic carbocycles. The van der Waals surface area contributed by atoms with Gasteiger partial charge >= 0.3 is 0 Å². The molecule has 0 saturated heterocycles. The molecule has 0 spiro atoms. The lowest BCUT2D eigenvalue weighted by molar-refractivity contribution is -0.718. The monoisotopic (exact) mass is 396 g/mol. The number of fused-ring (bicyclic) bond motifs is 3. The molecule has 0 saturated carbocycles. The van der Waals surface area contributed by atoms with Gasteiger partial charge in [0.15, 0.2) is 5.82 Å². The summed E-state index contributed by atoms with van der Waals surface area (Å²) in [5, 5.41) is 3.14. The molecule has 4 nitrogen and oxygen atoms in total. The number of quaternary nitrogens is 1. The molecule has 2 heterocycles. The minimum absolute atomic E-state index is 0.0372. The zero-order valence-electron chi connectivity index (χ0n) is 17.2. The molecule has 5 heteroatoms. The van der Waals surface area contributed by atoms with Crippen LogP contribution >= 0.6 is 11.3 Å². The lowest BCUT2D eigenvalue weighted by Crippen LogP contribution is -2.85. The first kappa shape index (κ1) is 19.3. The highest BCUT2D eigenvalue weighted by atomic mass is 32.1. The quantitative estimate of drug-likeness (QED) is 0.660. The van der Waals surface area contributed by atoms with Gasteiger partial charge in [-0.3, -0.25) is 4.79 Å². The van der Waals surface area contributed by atoms with E-state index in [0.29, 0.717) is 24.4 Å². The van der Waals surface area contributed by atoms with Crippen molar-refractivity contribution in [3.63, 3.8) is 0 Å². The molecule has 0 unspecified atom stereocenters. The number of benzene rings is 1. The third-order valence-corrected chi connectivity index (χ3v) is 7.08. The van der Waals surface area contributed by atoms with Crippen molar-refractivity contribution in [3.05, 3.63) is 62.0 Å². The second-order valence-corrected chi connectivity index (χ2v) is 9.66. The third kappa shape index (κ3) is 3.65. The molecular formula is C23H30N3OS+. The van der Waals surface area contributed by atoms with Crippen LogP contribution in [0.5, 0.6) is 0 Å². The molecule has 0 bridgehead atoms. The molecule has 3 N–H and O–H groups in total. The van der Waals surface area contributed by atoms with E-state index in [4.69, 9.17) is 4.98 Å². The van der Waals surface area contributed by atoms with E-state index in [-0.39, 0.29) is 5.56 Å². The normalized spacial score (nSPS) is 14.9. The molecule has 1 aromatic carbocycles. The molecule has 3 aromatic rings. The first-order chi connectivity index (χ1) is 13.4. The smallest absolute Gasteiger partial charge is 0.260 e. The Morgan fingerprint density at radius 3 is 2.50 bits per heavy atom. The predicted molar refractivity (Wildman–Crippen MR) is 116 cm³/mol. The lowest BCUT2D eigenvalue weighted by atomic mass is 9.93. The maximum atomic E-state index is 12.7. The summed E-state index contributed by atoms with van der Waals surface area (Å²) >= 11 is 1.71. The number of hydrogen-bond acceptors (Lipinski definition) is 3. The number of nitrogens with one attached hydrogen (secondary N) is 1. The first-order valence-electron chi connectivity index (χ1n) is 10.4. The van der Waals surface area contributed by atoms with E-state index in [9.17, 15) is 4.79 Å². The van der Waals surface area contributed by atoms with E-state index in [2.05, 4.69) is 62.3 Å². The van der Waals surface area contributed by atoms with Gasteiger partial charge in [0.25, 0.3) is 5.56 Å². The molecule has 4 rings (SSSR count). The van der Waals surface area contributed by atoms with Gasteiger partial charge in [-0.1, -0.05) is 52.0 Å². The van der Waals surface area contributed by atoms with Crippen LogP contribution in [0.25, 0.3) is 10.2 Å². The Bertz CT molecular complexity index is 1030. The van der Waals surface area contributed by atoms with Crippen molar-refractivity contribution in [2.45, 2.75) is 65.5 Å². The Kier molecular flexibility index (Phi) is 5.39. The van der Waals surface area contributed by atoms with Crippen molar-refractivity contribution in [1.29, 1.82) is 0 Å². The van der Waals surface area contributed by atoms with Crippen LogP contribution in [0.4, 0.5) is 0 Å². The number of aryl methyl sites for hydroxylation is 2. The number of aromatic nitrogens is 2. The fourth-order valence-electron chi connectivity index (χ4n) is 4.28. The summed E-state index contributed by atoms with van der Waals surface area (Å²) in [5.74, 6) is 1.82. The summed E-state index contributed by atoms with van der Waals surface area (Å²) in [7, 11) is 0. The first-order valence-corrected chi connectivity index (χ1v) is 11.2. The highest BCUT2D eigenvalue weighted by Gasteiger charge is 2.23. The highest BCUT2D eigenvalue weighted by molar-refractivity contribution is 7.18. The standard InChI is InChI=1S/C23H29N3OS/c1-13(2)15-8-10-16(11-9-15)21(14(3)4)24-12-19-25-22(27)20-17-6-5-7-18(17)28-23(20)26-19/h8-11,13-14,21,24H,5-7,12H2,1-4H3,(H,25,26,27)/p+1/t21-/m1/s1. The summed E-state index contributed by atoms with van der Waals surface area (Å²) in [4.78, 5) is 22.8. The number of hydrogen-bond donors (Lipinski definition) is 2. The molecule has 0 radical (unpaired) electrons. The van der Waals surface area contributed by atoms with Crippen molar-refractivity contribution in [3.8, 4) is 0 Å². The van der Waals surface area contributed by atoms with Crippen LogP contribution in [0, 0.1) is 5.92 Å². The maximum Gasteiger partial charge on any atom is 0.260 e. The molecule has 148 valence electrons. The SMILES string of the molecule is CC(C)c1ccc([C@H]([NH2+]Cc2nc3sc4c(c3c(=O)[nH]2)CCC4)C(C)C)cc1. The van der Waals surface area contributed by atoms with E-state index in [1.54, 1.807) is 11.3 Å². The Balaban J connectivity index is 1.55. The average Bonchev–Trinajstić information content (AvgIpc) is 3.22. The number of rotatable bonds is 6. The van der Waals surface area contributed by atoms with Crippen molar-refractivity contribution in [1.82, 2.24) is 9.97 Å². The average molecular weight is 397 g/mol. The third-order valence-electron chi connectivity index (χ3n) is 5.90. The van der Waals surface area contributed by atoms with E-state index < -0.39 is 0 Å². The maximum absolute atomic E-state index is 12.7. The summed E-state index contributed by atoms with van der Waals surface area (Å²) in [6.45, 7) is 9.63. The molecule has 0 fully saturated rings. The van der Waals surface area contributed by atoms with Gasteiger partial charge in [-0.15, -0.1) is 11.3 Å². The van der Waals surface area contributed by atoms with E-state index in [1.807, 2.05) is 0 Å². The number of aromatic amines is 1. The van der Waals surface area contributed by atoms with Gasteiger partial charge in [0.05, 0.1) is 5.39 Å². The van der Waals surface area contributed by atoms with E-state index in [1.165, 1.54) is 21.6 Å². The van der Waals surface area contributed by atoms with E-state index in [0.717, 1.165) is 35.3 Å². The summed E-state index contributed by atoms with van der Waals surface area (Å²) in [6, 6.07) is 9.32. The summed E-state index contributed by atoms with van der Waals surface area (Å²) in [6.07, 6.45) is 3.28. The van der Waals surface area contributed by atoms with Crippen molar-refractivity contribution in [2.24, 2.45) is 5.92 Å². The summed E-state index contributed by atoms with van der Waals surface area (Å²) in [5.41, 5.74) is 3.98. The Morgan fingerprint density at radius 2 is 1.82 bits per heavy atom. The van der Waals surface area contributed by atoms with Crippen LogP contribution in [-0.2, 0) is 19.4 Å². The fraction of sp³-hybridized carbons (Fsp3) is 0.478. The second kappa shape index (κ2) is 7.80. The highest BCUT2D eigenvalue weighted by Crippen LogP contribution is 2.34. The van der Waals surface area contributed by atoms with Gasteiger partial charge in [-0.2, -0.15) is 0 Å². The number of nitrogens with zero attached hydrogens (tertiary/aromatic N) is 1. The van der Waals surface area contributed by atoms with Gasteiger partial charge in [-0.25, -0.2) is 4.98 Å². The zero-order chi connectivity index (χ0) is 19.8. The van der Waals surface area contributed by atoms with Gasteiger partial charge in [0, 0.05) is 16.4 Å². The molecular weight excluding hydrogens is 366 g/mol. The summed E-state index contributed by atoms with van der Waals surface area (Å²) < 4.78 is 0. The van der Waals surface area contributed by atoms with E-state index >= 15 is 0 Å². The van der Waals surface area contributed by atoms with Crippen molar-refractivity contribution < 1.29 is 5.32 Å². The van der Waals surface area contributed by atoms with Crippen molar-refractivity contribution in [2.75, 3.05) is 0 Å². The predicted octanol–water partition coefficient (Wildman–Crippen LogP) is 4.06. The minimum atomic E-state index is 0.0372. The van der Waals surface area contributed by atoms with Crippen molar-refractivity contribution >= 4 is 21.6 Å². The van der Waals surface area contributed by atoms with Gasteiger partial charge < -0.3 is 10.3 Å². The van der Waals surface area contributed by atoms with Crippen LogP contribution in [-0.4, -0.2) is 9.97 Å². The number of thiophene rings is 1. The molecule has 2 aromatic heterocycles. The molecule has 1 atom stereocenters. The molecule has 1 aliphatic rings.